The number of fused-ring (bicyclic) bond motifs is 4. The van der Waals surface area contributed by atoms with E-state index in [0.29, 0.717) is 0 Å². The van der Waals surface area contributed by atoms with Gasteiger partial charge in [-0.1, -0.05) is 117 Å². The van der Waals surface area contributed by atoms with Crippen LogP contribution in [0.15, 0.2) is 121 Å². The third-order valence-electron chi connectivity index (χ3n) is 8.60. The van der Waals surface area contributed by atoms with E-state index in [1.165, 1.54) is 76.5 Å². The van der Waals surface area contributed by atoms with Crippen molar-refractivity contribution in [2.75, 3.05) is 0 Å². The van der Waals surface area contributed by atoms with Crippen molar-refractivity contribution in [2.45, 2.75) is 19.3 Å². The topological polar surface area (TPSA) is 0 Å². The molecule has 0 bridgehead atoms. The van der Waals surface area contributed by atoms with Gasteiger partial charge in [-0.05, 0) is 94.7 Å². The van der Waals surface area contributed by atoms with Crippen molar-refractivity contribution in [3.05, 3.63) is 132 Å². The second-order valence-electron chi connectivity index (χ2n) is 11.0. The van der Waals surface area contributed by atoms with Crippen molar-refractivity contribution in [1.82, 2.24) is 0 Å². The van der Waals surface area contributed by atoms with Crippen molar-refractivity contribution < 1.29 is 0 Å². The Balaban J connectivity index is 1.35. The summed E-state index contributed by atoms with van der Waals surface area (Å²) in [6, 6.07) is 45.1. The largest absolute Gasteiger partial charge is 0.0616 e. The molecule has 0 fully saturated rings. The first kappa shape index (κ1) is 20.7. The standard InChI is InChI=1S/C37H26/c1-37(2)33-14-6-12-30-29-19-18-28(22-32(29)31-13-7-15-34(37)36(31)35(30)33)26-11-5-10-25(21-26)27-17-16-23-8-3-4-9-24(23)20-27/h3-22H,1-2H3. The maximum Gasteiger partial charge on any atom is 0.0159 e. The van der Waals surface area contributed by atoms with E-state index in [1.54, 1.807) is 0 Å². The molecule has 1 aliphatic rings. The molecule has 0 radical (unpaired) electrons. The summed E-state index contributed by atoms with van der Waals surface area (Å²) in [5.41, 5.74) is 7.93. The van der Waals surface area contributed by atoms with Crippen LogP contribution in [0, 0.1) is 0 Å². The Morgan fingerprint density at radius 3 is 1.68 bits per heavy atom. The van der Waals surface area contributed by atoms with Gasteiger partial charge in [-0.15, -0.1) is 0 Å². The van der Waals surface area contributed by atoms with Crippen LogP contribution in [-0.2, 0) is 5.41 Å². The molecule has 0 saturated carbocycles. The molecule has 0 spiro atoms. The fourth-order valence-electron chi connectivity index (χ4n) is 6.71. The van der Waals surface area contributed by atoms with Gasteiger partial charge < -0.3 is 0 Å². The van der Waals surface area contributed by atoms with Crippen LogP contribution in [-0.4, -0.2) is 0 Å². The lowest BCUT2D eigenvalue weighted by molar-refractivity contribution is 0.663. The van der Waals surface area contributed by atoms with Crippen LogP contribution >= 0.6 is 0 Å². The molecule has 8 rings (SSSR count). The zero-order valence-electron chi connectivity index (χ0n) is 21.0. The van der Waals surface area contributed by atoms with Gasteiger partial charge in [-0.3, -0.25) is 0 Å². The van der Waals surface area contributed by atoms with Crippen molar-refractivity contribution in [3.8, 4) is 22.3 Å². The Kier molecular flexibility index (Phi) is 4.10. The molecule has 0 nitrogen and oxygen atoms in total. The first-order valence-corrected chi connectivity index (χ1v) is 13.1. The third kappa shape index (κ3) is 2.84. The van der Waals surface area contributed by atoms with Gasteiger partial charge in [0.1, 0.15) is 0 Å². The maximum absolute atomic E-state index is 2.41. The van der Waals surface area contributed by atoms with Gasteiger partial charge in [0.25, 0.3) is 0 Å². The summed E-state index contributed by atoms with van der Waals surface area (Å²) in [6.07, 6.45) is 0. The predicted molar refractivity (Wildman–Crippen MR) is 159 cm³/mol. The van der Waals surface area contributed by atoms with E-state index in [4.69, 9.17) is 0 Å². The molecule has 7 aromatic carbocycles. The first-order chi connectivity index (χ1) is 18.1. The molecule has 0 atom stereocenters. The van der Waals surface area contributed by atoms with Crippen LogP contribution < -0.4 is 0 Å². The summed E-state index contributed by atoms with van der Waals surface area (Å²) in [6.45, 7) is 4.73. The van der Waals surface area contributed by atoms with E-state index in [2.05, 4.69) is 135 Å². The Labute approximate surface area is 216 Å². The van der Waals surface area contributed by atoms with Gasteiger partial charge >= 0.3 is 0 Å². The zero-order valence-corrected chi connectivity index (χ0v) is 21.0. The van der Waals surface area contributed by atoms with Crippen LogP contribution in [0.5, 0.6) is 0 Å². The van der Waals surface area contributed by atoms with Crippen molar-refractivity contribution >= 4 is 43.1 Å². The summed E-state index contributed by atoms with van der Waals surface area (Å²) in [5, 5.41) is 10.8. The minimum absolute atomic E-state index is 0.0236. The van der Waals surface area contributed by atoms with Crippen LogP contribution in [0.4, 0.5) is 0 Å². The molecule has 37 heavy (non-hydrogen) atoms. The lowest BCUT2D eigenvalue weighted by Crippen LogP contribution is -2.14. The Morgan fingerprint density at radius 1 is 0.378 bits per heavy atom. The molecule has 1 aliphatic carbocycles. The van der Waals surface area contributed by atoms with E-state index >= 15 is 0 Å². The highest BCUT2D eigenvalue weighted by Crippen LogP contribution is 2.51. The molecule has 0 aromatic heterocycles. The summed E-state index contributed by atoms with van der Waals surface area (Å²) in [5.74, 6) is 0. The molecule has 0 amide bonds. The zero-order chi connectivity index (χ0) is 24.7. The highest BCUT2D eigenvalue weighted by Gasteiger charge is 2.34. The number of hydrogen-bond donors (Lipinski definition) is 0. The molecule has 0 aliphatic heterocycles. The number of hydrogen-bond acceptors (Lipinski definition) is 0. The number of benzene rings is 7. The monoisotopic (exact) mass is 470 g/mol. The van der Waals surface area contributed by atoms with Crippen LogP contribution in [0.3, 0.4) is 0 Å². The van der Waals surface area contributed by atoms with Gasteiger partial charge in [-0.25, -0.2) is 0 Å². The summed E-state index contributed by atoms with van der Waals surface area (Å²) < 4.78 is 0. The van der Waals surface area contributed by atoms with E-state index in [-0.39, 0.29) is 5.41 Å². The van der Waals surface area contributed by atoms with Crippen molar-refractivity contribution in [1.29, 1.82) is 0 Å². The van der Waals surface area contributed by atoms with Crippen molar-refractivity contribution in [3.63, 3.8) is 0 Å². The average molecular weight is 471 g/mol. The SMILES string of the molecule is CC1(C)c2cccc3c4ccc(-c5cccc(-c6ccc7ccccc7c6)c5)cc4c4cccc1c4c23. The quantitative estimate of drug-likeness (QED) is 0.220. The molecule has 0 N–H and O–H groups in total. The third-order valence-corrected chi connectivity index (χ3v) is 8.60. The minimum Gasteiger partial charge on any atom is -0.0616 e. The Bertz CT molecular complexity index is 2060. The first-order valence-electron chi connectivity index (χ1n) is 13.1. The molecule has 0 unspecified atom stereocenters. The van der Waals surface area contributed by atoms with Gasteiger partial charge in [0, 0.05) is 5.41 Å². The minimum atomic E-state index is 0.0236. The van der Waals surface area contributed by atoms with Gasteiger partial charge in [0.15, 0.2) is 0 Å². The average Bonchev–Trinajstić information content (AvgIpc) is 3.19. The van der Waals surface area contributed by atoms with Crippen LogP contribution in [0.25, 0.3) is 65.3 Å². The Morgan fingerprint density at radius 2 is 0.946 bits per heavy atom. The summed E-state index contributed by atoms with van der Waals surface area (Å²) in [7, 11) is 0. The van der Waals surface area contributed by atoms with E-state index in [1.807, 2.05) is 0 Å². The maximum atomic E-state index is 2.41. The lowest BCUT2D eigenvalue weighted by Gasteiger charge is -2.21. The highest BCUT2D eigenvalue weighted by molar-refractivity contribution is 6.29. The smallest absolute Gasteiger partial charge is 0.0159 e. The fourth-order valence-corrected chi connectivity index (χ4v) is 6.71. The molecule has 174 valence electrons. The molecular formula is C37H26. The van der Waals surface area contributed by atoms with E-state index in [9.17, 15) is 0 Å². The van der Waals surface area contributed by atoms with Crippen LogP contribution in [0.2, 0.25) is 0 Å². The second-order valence-corrected chi connectivity index (χ2v) is 11.0. The normalized spacial score (nSPS) is 13.9. The van der Waals surface area contributed by atoms with Gasteiger partial charge in [0.05, 0.1) is 0 Å². The predicted octanol–water partition coefficient (Wildman–Crippen LogP) is 10.3. The molecular weight excluding hydrogens is 444 g/mol. The van der Waals surface area contributed by atoms with Gasteiger partial charge in [-0.2, -0.15) is 0 Å². The molecule has 0 heteroatoms. The summed E-state index contributed by atoms with van der Waals surface area (Å²) in [4.78, 5) is 0. The molecule has 7 aromatic rings. The fraction of sp³-hybridized carbons (Fsp3) is 0.0811. The molecule has 0 saturated heterocycles. The molecule has 0 heterocycles. The number of rotatable bonds is 2. The van der Waals surface area contributed by atoms with Gasteiger partial charge in [0.2, 0.25) is 0 Å². The highest BCUT2D eigenvalue weighted by atomic mass is 14.4. The van der Waals surface area contributed by atoms with Crippen molar-refractivity contribution in [2.24, 2.45) is 0 Å². The van der Waals surface area contributed by atoms with E-state index < -0.39 is 0 Å². The van der Waals surface area contributed by atoms with Crippen LogP contribution in [0.1, 0.15) is 25.0 Å². The Hall–Kier alpha value is -4.42. The lowest BCUT2D eigenvalue weighted by atomic mass is 9.82. The van der Waals surface area contributed by atoms with E-state index in [0.717, 1.165) is 0 Å². The summed E-state index contributed by atoms with van der Waals surface area (Å²) >= 11 is 0. The second kappa shape index (κ2) is 7.31.